The van der Waals surface area contributed by atoms with Crippen LogP contribution in [0.5, 0.6) is 0 Å². The molecule has 5 heteroatoms. The summed E-state index contributed by atoms with van der Waals surface area (Å²) >= 11 is 6.10. The van der Waals surface area contributed by atoms with Crippen molar-refractivity contribution >= 4 is 34.8 Å². The van der Waals surface area contributed by atoms with E-state index in [0.717, 1.165) is 22.4 Å². The van der Waals surface area contributed by atoms with Crippen molar-refractivity contribution in [2.45, 2.75) is 27.2 Å². The van der Waals surface area contributed by atoms with Gasteiger partial charge >= 0.3 is 0 Å². The predicted octanol–water partition coefficient (Wildman–Crippen LogP) is 4.26. The Balaban J connectivity index is 1.77. The fraction of sp³-hybridized carbons (Fsp3) is 0.300. The maximum atomic E-state index is 12.6. The molecule has 25 heavy (non-hydrogen) atoms. The Hall–Kier alpha value is -2.33. The second kappa shape index (κ2) is 6.89. The summed E-state index contributed by atoms with van der Waals surface area (Å²) in [6.07, 6.45) is 0.221. The zero-order valence-electron chi connectivity index (χ0n) is 14.6. The quantitative estimate of drug-likeness (QED) is 0.893. The Morgan fingerprint density at radius 3 is 2.72 bits per heavy atom. The summed E-state index contributed by atoms with van der Waals surface area (Å²) in [4.78, 5) is 26.8. The molecule has 0 aliphatic carbocycles. The molecule has 130 valence electrons. The molecule has 0 spiro atoms. The first-order valence-corrected chi connectivity index (χ1v) is 8.68. The molecule has 4 nitrogen and oxygen atoms in total. The summed E-state index contributed by atoms with van der Waals surface area (Å²) in [5, 5.41) is 3.52. The van der Waals surface area contributed by atoms with E-state index >= 15 is 0 Å². The van der Waals surface area contributed by atoms with Crippen LogP contribution in [0.25, 0.3) is 0 Å². The van der Waals surface area contributed by atoms with Gasteiger partial charge in [0.15, 0.2) is 0 Å². The van der Waals surface area contributed by atoms with Gasteiger partial charge in [0.25, 0.3) is 0 Å². The van der Waals surface area contributed by atoms with Gasteiger partial charge in [-0.05, 0) is 55.7 Å². The van der Waals surface area contributed by atoms with E-state index < -0.39 is 0 Å². The van der Waals surface area contributed by atoms with E-state index in [1.807, 2.05) is 45.0 Å². The second-order valence-electron chi connectivity index (χ2n) is 6.60. The molecule has 1 N–H and O–H groups in total. The predicted molar refractivity (Wildman–Crippen MR) is 101 cm³/mol. The molecule has 0 aromatic heterocycles. The molecule has 1 heterocycles. The summed E-state index contributed by atoms with van der Waals surface area (Å²) in [6.45, 7) is 6.23. The maximum absolute atomic E-state index is 12.6. The van der Waals surface area contributed by atoms with Crippen LogP contribution in [0.2, 0.25) is 5.02 Å². The highest BCUT2D eigenvalue weighted by atomic mass is 35.5. The van der Waals surface area contributed by atoms with Crippen molar-refractivity contribution in [1.29, 1.82) is 0 Å². The lowest BCUT2D eigenvalue weighted by Gasteiger charge is -2.20. The monoisotopic (exact) mass is 356 g/mol. The number of amides is 2. The van der Waals surface area contributed by atoms with Gasteiger partial charge in [0.2, 0.25) is 11.8 Å². The molecular formula is C20H21ClN2O2. The van der Waals surface area contributed by atoms with Crippen molar-refractivity contribution in [2.75, 3.05) is 16.8 Å². The molecule has 0 saturated carbocycles. The normalized spacial score (nSPS) is 17.0. The lowest BCUT2D eigenvalue weighted by atomic mass is 10.1. The Labute approximate surface area is 152 Å². The highest BCUT2D eigenvalue weighted by molar-refractivity contribution is 6.31. The van der Waals surface area contributed by atoms with Crippen molar-refractivity contribution in [3.63, 3.8) is 0 Å². The maximum Gasteiger partial charge on any atom is 0.229 e. The number of anilines is 2. The average molecular weight is 357 g/mol. The number of carbonyl (C=O) groups excluding carboxylic acids is 2. The molecule has 1 fully saturated rings. The van der Waals surface area contributed by atoms with Crippen LogP contribution in [0.3, 0.4) is 0 Å². The van der Waals surface area contributed by atoms with E-state index in [-0.39, 0.29) is 24.2 Å². The Bertz CT molecular complexity index is 848. The van der Waals surface area contributed by atoms with Crippen LogP contribution >= 0.6 is 11.6 Å². The zero-order chi connectivity index (χ0) is 18.1. The fourth-order valence-corrected chi connectivity index (χ4v) is 3.28. The lowest BCUT2D eigenvalue weighted by molar-refractivity contribution is -0.122. The summed E-state index contributed by atoms with van der Waals surface area (Å²) in [5.74, 6) is -0.533. The highest BCUT2D eigenvalue weighted by Crippen LogP contribution is 2.30. The first kappa shape index (κ1) is 17.5. The molecule has 1 aliphatic rings. The van der Waals surface area contributed by atoms with Crippen molar-refractivity contribution in [3.05, 3.63) is 58.1 Å². The molecule has 2 amide bonds. The highest BCUT2D eigenvalue weighted by Gasteiger charge is 2.35. The Kier molecular flexibility index (Phi) is 4.82. The van der Waals surface area contributed by atoms with Gasteiger partial charge in [-0.3, -0.25) is 9.59 Å². The molecular weight excluding hydrogens is 336 g/mol. The van der Waals surface area contributed by atoms with E-state index in [1.54, 1.807) is 17.0 Å². The van der Waals surface area contributed by atoms with Crippen molar-refractivity contribution < 1.29 is 9.59 Å². The number of nitrogens with one attached hydrogen (secondary N) is 1. The van der Waals surface area contributed by atoms with E-state index in [9.17, 15) is 9.59 Å². The number of aryl methyl sites for hydroxylation is 2. The van der Waals surface area contributed by atoms with E-state index in [1.165, 1.54) is 0 Å². The molecule has 0 radical (unpaired) electrons. The van der Waals surface area contributed by atoms with Gasteiger partial charge in [-0.15, -0.1) is 0 Å². The van der Waals surface area contributed by atoms with Crippen LogP contribution in [0, 0.1) is 26.7 Å². The average Bonchev–Trinajstić information content (AvgIpc) is 2.96. The molecule has 0 unspecified atom stereocenters. The SMILES string of the molecule is Cc1ccc(C)c(N2C[C@@H](C(=O)Nc3cccc(Cl)c3C)CC2=O)c1. The van der Waals surface area contributed by atoms with Crippen LogP contribution in [0.1, 0.15) is 23.1 Å². The Morgan fingerprint density at radius 1 is 1.20 bits per heavy atom. The number of hydrogen-bond acceptors (Lipinski definition) is 2. The molecule has 3 rings (SSSR count). The zero-order valence-corrected chi connectivity index (χ0v) is 15.4. The second-order valence-corrected chi connectivity index (χ2v) is 7.00. The molecule has 1 atom stereocenters. The van der Waals surface area contributed by atoms with Crippen LogP contribution in [-0.2, 0) is 9.59 Å². The van der Waals surface area contributed by atoms with Crippen LogP contribution in [-0.4, -0.2) is 18.4 Å². The van der Waals surface area contributed by atoms with Gasteiger partial charge < -0.3 is 10.2 Å². The molecule has 2 aromatic rings. The summed E-state index contributed by atoms with van der Waals surface area (Å²) in [5.41, 5.74) is 4.53. The fourth-order valence-electron chi connectivity index (χ4n) is 3.10. The van der Waals surface area contributed by atoms with Crippen LogP contribution < -0.4 is 10.2 Å². The number of nitrogens with zero attached hydrogens (tertiary/aromatic N) is 1. The van der Waals surface area contributed by atoms with Gasteiger partial charge in [-0.25, -0.2) is 0 Å². The van der Waals surface area contributed by atoms with E-state index in [2.05, 4.69) is 5.32 Å². The molecule has 1 saturated heterocycles. The lowest BCUT2D eigenvalue weighted by Crippen LogP contribution is -2.28. The number of carbonyl (C=O) groups is 2. The minimum atomic E-state index is -0.370. The smallest absolute Gasteiger partial charge is 0.229 e. The third-order valence-corrected chi connectivity index (χ3v) is 5.09. The summed E-state index contributed by atoms with van der Waals surface area (Å²) < 4.78 is 0. The van der Waals surface area contributed by atoms with Gasteiger partial charge in [0, 0.05) is 29.4 Å². The number of benzene rings is 2. The van der Waals surface area contributed by atoms with Crippen molar-refractivity contribution in [1.82, 2.24) is 0 Å². The molecule has 2 aromatic carbocycles. The minimum Gasteiger partial charge on any atom is -0.325 e. The van der Waals surface area contributed by atoms with Crippen LogP contribution in [0.4, 0.5) is 11.4 Å². The summed E-state index contributed by atoms with van der Waals surface area (Å²) in [6, 6.07) is 11.4. The minimum absolute atomic E-state index is 0.0170. The van der Waals surface area contributed by atoms with Crippen LogP contribution in [0.15, 0.2) is 36.4 Å². The summed E-state index contributed by atoms with van der Waals surface area (Å²) in [7, 11) is 0. The Morgan fingerprint density at radius 2 is 1.96 bits per heavy atom. The number of rotatable bonds is 3. The first-order valence-electron chi connectivity index (χ1n) is 8.30. The van der Waals surface area contributed by atoms with E-state index in [0.29, 0.717) is 17.3 Å². The van der Waals surface area contributed by atoms with Gasteiger partial charge in [-0.1, -0.05) is 29.8 Å². The molecule has 1 aliphatic heterocycles. The number of halogens is 1. The first-order chi connectivity index (χ1) is 11.9. The van der Waals surface area contributed by atoms with Gasteiger partial charge in [0.05, 0.1) is 5.92 Å². The molecule has 0 bridgehead atoms. The number of hydrogen-bond donors (Lipinski definition) is 1. The van der Waals surface area contributed by atoms with Gasteiger partial charge in [0.1, 0.15) is 0 Å². The third-order valence-electron chi connectivity index (χ3n) is 4.68. The van der Waals surface area contributed by atoms with Crippen molar-refractivity contribution in [2.24, 2.45) is 5.92 Å². The van der Waals surface area contributed by atoms with Gasteiger partial charge in [-0.2, -0.15) is 0 Å². The topological polar surface area (TPSA) is 49.4 Å². The standard InChI is InChI=1S/C20H21ClN2O2/c1-12-7-8-13(2)18(9-12)23-11-15(10-19(23)24)20(25)22-17-6-4-5-16(21)14(17)3/h4-9,15H,10-11H2,1-3H3,(H,22,25)/t15-/m0/s1. The third kappa shape index (κ3) is 3.54. The van der Waals surface area contributed by atoms with Crippen molar-refractivity contribution in [3.8, 4) is 0 Å². The largest absolute Gasteiger partial charge is 0.325 e. The van der Waals surface area contributed by atoms with E-state index in [4.69, 9.17) is 11.6 Å².